The summed E-state index contributed by atoms with van der Waals surface area (Å²) in [7, 11) is -4.61. The maximum atomic E-state index is 12.6. The third-order valence-electron chi connectivity index (χ3n) is 10.5. The summed E-state index contributed by atoms with van der Waals surface area (Å²) in [4.78, 5) is 33.6. The van der Waals surface area contributed by atoms with E-state index in [2.05, 4.69) is 26.0 Å². The standard InChI is InChI=1S/C46H90NO9P/c1-3-5-7-9-11-13-15-17-19-20-21-22-23-25-27-29-31-33-35-37-39-53-40-43(41-54-57(51,52)55-42-44(47)46(49)50)56-45(48)38-36-34-32-30-28-26-24-18-16-14-12-10-8-6-4-2/h17,19,43-44H,3-16,18,20-42,47H2,1-2H3,(H,49,50)(H,51,52)/b19-17-. The highest BCUT2D eigenvalue weighted by Crippen LogP contribution is 2.43. The molecule has 57 heavy (non-hydrogen) atoms. The summed E-state index contributed by atoms with van der Waals surface area (Å²) in [5.74, 6) is -1.77. The molecule has 10 nitrogen and oxygen atoms in total. The Balaban J connectivity index is 4.14. The molecule has 3 unspecified atom stereocenters. The molecule has 3 atom stereocenters. The first kappa shape index (κ1) is 55.7. The number of phosphoric acid groups is 1. The van der Waals surface area contributed by atoms with Crippen LogP contribution in [0.3, 0.4) is 0 Å². The van der Waals surface area contributed by atoms with Gasteiger partial charge in [-0.1, -0.05) is 199 Å². The topological polar surface area (TPSA) is 155 Å². The van der Waals surface area contributed by atoms with E-state index in [1.807, 2.05) is 0 Å². The number of carbonyl (C=O) groups excluding carboxylic acids is 1. The van der Waals surface area contributed by atoms with Crippen molar-refractivity contribution < 1.29 is 42.7 Å². The maximum Gasteiger partial charge on any atom is 0.472 e. The Bertz CT molecular complexity index is 966. The molecule has 0 radical (unpaired) electrons. The van der Waals surface area contributed by atoms with Crippen LogP contribution in [-0.2, 0) is 32.7 Å². The summed E-state index contributed by atoms with van der Waals surface area (Å²) in [6.07, 6.45) is 45.5. The fourth-order valence-corrected chi connectivity index (χ4v) is 7.61. The van der Waals surface area contributed by atoms with Crippen molar-refractivity contribution in [3.8, 4) is 0 Å². The Kier molecular flexibility index (Phi) is 41.9. The SMILES string of the molecule is CCCCCCCC/C=C\CCCCCCCCCCCCOCC(COP(=O)(O)OCC(N)C(=O)O)OC(=O)CCCCCCCCCCCCCCCCC. The normalized spacial score (nSPS) is 13.9. The Labute approximate surface area is 350 Å². The van der Waals surface area contributed by atoms with E-state index >= 15 is 0 Å². The van der Waals surface area contributed by atoms with Crippen LogP contribution < -0.4 is 5.73 Å². The number of carboxylic acids is 1. The lowest BCUT2D eigenvalue weighted by Gasteiger charge is -2.20. The van der Waals surface area contributed by atoms with E-state index in [4.69, 9.17) is 29.4 Å². The molecule has 4 N–H and O–H groups in total. The number of nitrogens with two attached hydrogens (primary N) is 1. The molecule has 0 aliphatic rings. The fourth-order valence-electron chi connectivity index (χ4n) is 6.84. The van der Waals surface area contributed by atoms with Crippen LogP contribution in [0.2, 0.25) is 0 Å². The number of hydrogen-bond acceptors (Lipinski definition) is 8. The van der Waals surface area contributed by atoms with Gasteiger partial charge in [0.2, 0.25) is 0 Å². The Morgan fingerprint density at radius 2 is 0.912 bits per heavy atom. The van der Waals surface area contributed by atoms with Gasteiger partial charge >= 0.3 is 19.8 Å². The molecule has 338 valence electrons. The number of carbonyl (C=O) groups is 2. The summed E-state index contributed by atoms with van der Waals surface area (Å²) >= 11 is 0. The van der Waals surface area contributed by atoms with Crippen LogP contribution in [0.4, 0.5) is 0 Å². The molecule has 0 rings (SSSR count). The highest BCUT2D eigenvalue weighted by molar-refractivity contribution is 7.47. The van der Waals surface area contributed by atoms with Gasteiger partial charge in [0.25, 0.3) is 0 Å². The van der Waals surface area contributed by atoms with E-state index in [0.717, 1.165) is 38.5 Å². The first-order valence-electron chi connectivity index (χ1n) is 23.7. The fraction of sp³-hybridized carbons (Fsp3) is 0.913. The number of phosphoric ester groups is 1. The van der Waals surface area contributed by atoms with Crippen LogP contribution in [-0.4, -0.2) is 60.5 Å². The van der Waals surface area contributed by atoms with Crippen molar-refractivity contribution in [2.75, 3.05) is 26.4 Å². The summed E-state index contributed by atoms with van der Waals surface area (Å²) in [6, 6.07) is -1.47. The molecule has 0 heterocycles. The Morgan fingerprint density at radius 1 is 0.544 bits per heavy atom. The van der Waals surface area contributed by atoms with Gasteiger partial charge in [-0.15, -0.1) is 0 Å². The summed E-state index contributed by atoms with van der Waals surface area (Å²) in [6.45, 7) is 3.92. The van der Waals surface area contributed by atoms with E-state index < -0.39 is 45.1 Å². The number of ether oxygens (including phenoxy) is 2. The summed E-state index contributed by atoms with van der Waals surface area (Å²) in [5, 5.41) is 8.91. The van der Waals surface area contributed by atoms with Gasteiger partial charge in [-0.2, -0.15) is 0 Å². The average molecular weight is 832 g/mol. The molecule has 0 spiro atoms. The zero-order valence-corrected chi connectivity index (χ0v) is 37.9. The second kappa shape index (κ2) is 42.8. The number of rotatable bonds is 46. The van der Waals surface area contributed by atoms with Gasteiger partial charge in [0.15, 0.2) is 0 Å². The molecule has 11 heteroatoms. The quantitative estimate of drug-likeness (QED) is 0.0234. The van der Waals surface area contributed by atoms with Crippen LogP contribution >= 0.6 is 7.82 Å². The smallest absolute Gasteiger partial charge is 0.472 e. The van der Waals surface area contributed by atoms with Gasteiger partial charge in [0, 0.05) is 13.0 Å². The summed E-state index contributed by atoms with van der Waals surface area (Å²) in [5.41, 5.74) is 5.36. The highest BCUT2D eigenvalue weighted by Gasteiger charge is 2.27. The zero-order chi connectivity index (χ0) is 41.9. The molecular weight excluding hydrogens is 741 g/mol. The first-order chi connectivity index (χ1) is 27.7. The minimum atomic E-state index is -4.61. The minimum absolute atomic E-state index is 0.0220. The molecule has 0 aromatic rings. The molecule has 0 aliphatic heterocycles. The van der Waals surface area contributed by atoms with Gasteiger partial charge in [-0.3, -0.25) is 18.6 Å². The number of aliphatic carboxylic acids is 1. The Morgan fingerprint density at radius 3 is 1.33 bits per heavy atom. The largest absolute Gasteiger partial charge is 0.480 e. The second-order valence-corrected chi connectivity index (χ2v) is 17.7. The minimum Gasteiger partial charge on any atom is -0.480 e. The lowest BCUT2D eigenvalue weighted by atomic mass is 10.0. The molecular formula is C46H90NO9P. The van der Waals surface area contributed by atoms with Crippen LogP contribution in [0.15, 0.2) is 12.2 Å². The van der Waals surface area contributed by atoms with Gasteiger partial charge in [-0.05, 0) is 38.5 Å². The van der Waals surface area contributed by atoms with Gasteiger partial charge in [0.05, 0.1) is 19.8 Å². The predicted molar refractivity (Wildman–Crippen MR) is 236 cm³/mol. The zero-order valence-electron chi connectivity index (χ0n) is 37.0. The van der Waals surface area contributed by atoms with Crippen LogP contribution in [0.25, 0.3) is 0 Å². The van der Waals surface area contributed by atoms with Crippen molar-refractivity contribution >= 4 is 19.8 Å². The molecule has 0 aromatic heterocycles. The van der Waals surface area contributed by atoms with Crippen molar-refractivity contribution in [2.45, 2.75) is 244 Å². The average Bonchev–Trinajstić information content (AvgIpc) is 3.19. The van der Waals surface area contributed by atoms with Crippen molar-refractivity contribution in [3.63, 3.8) is 0 Å². The van der Waals surface area contributed by atoms with Crippen molar-refractivity contribution in [1.82, 2.24) is 0 Å². The van der Waals surface area contributed by atoms with Crippen LogP contribution in [0.5, 0.6) is 0 Å². The number of hydrogen-bond donors (Lipinski definition) is 3. The van der Waals surface area contributed by atoms with E-state index in [1.54, 1.807) is 0 Å². The van der Waals surface area contributed by atoms with E-state index in [0.29, 0.717) is 6.61 Å². The van der Waals surface area contributed by atoms with E-state index in [9.17, 15) is 19.0 Å². The second-order valence-electron chi connectivity index (χ2n) is 16.2. The lowest BCUT2D eigenvalue weighted by Crippen LogP contribution is -2.34. The predicted octanol–water partition coefficient (Wildman–Crippen LogP) is 13.3. The van der Waals surface area contributed by atoms with Gasteiger partial charge in [0.1, 0.15) is 12.1 Å². The van der Waals surface area contributed by atoms with Crippen molar-refractivity contribution in [2.24, 2.45) is 5.73 Å². The third-order valence-corrected chi connectivity index (χ3v) is 11.5. The molecule has 0 saturated carbocycles. The van der Waals surface area contributed by atoms with Crippen molar-refractivity contribution in [1.29, 1.82) is 0 Å². The van der Waals surface area contributed by atoms with Crippen LogP contribution in [0, 0.1) is 0 Å². The molecule has 0 saturated heterocycles. The van der Waals surface area contributed by atoms with Crippen LogP contribution in [0.1, 0.15) is 232 Å². The van der Waals surface area contributed by atoms with Crippen molar-refractivity contribution in [3.05, 3.63) is 12.2 Å². The monoisotopic (exact) mass is 832 g/mol. The lowest BCUT2D eigenvalue weighted by molar-refractivity contribution is -0.154. The Hall–Kier alpha value is -1.29. The number of carboxylic acid groups (broad SMARTS) is 1. The number of unbranched alkanes of at least 4 members (excludes halogenated alkanes) is 30. The molecule has 0 fully saturated rings. The molecule has 0 aromatic carbocycles. The molecule has 0 aliphatic carbocycles. The van der Waals surface area contributed by atoms with E-state index in [-0.39, 0.29) is 13.0 Å². The third kappa shape index (κ3) is 42.6. The van der Waals surface area contributed by atoms with Gasteiger partial charge in [-0.25, -0.2) is 4.57 Å². The highest BCUT2D eigenvalue weighted by atomic mass is 31.2. The first-order valence-corrected chi connectivity index (χ1v) is 25.2. The van der Waals surface area contributed by atoms with E-state index in [1.165, 1.54) is 173 Å². The van der Waals surface area contributed by atoms with Gasteiger partial charge < -0.3 is 25.2 Å². The molecule has 0 amide bonds. The molecule has 0 bridgehead atoms. The number of allylic oxidation sites excluding steroid dienone is 2. The number of esters is 1. The maximum absolute atomic E-state index is 12.6. The summed E-state index contributed by atoms with van der Waals surface area (Å²) < 4.78 is 33.4.